The number of aromatic nitrogens is 6. The molecule has 33 heavy (non-hydrogen) atoms. The number of amides is 1. The van der Waals surface area contributed by atoms with Crippen molar-refractivity contribution in [1.82, 2.24) is 29.3 Å². The van der Waals surface area contributed by atoms with Gasteiger partial charge in [0.15, 0.2) is 5.82 Å². The largest absolute Gasteiger partial charge is 0.310 e. The van der Waals surface area contributed by atoms with Gasteiger partial charge in [0.05, 0.1) is 24.3 Å². The highest BCUT2D eigenvalue weighted by atomic mass is 16.2. The van der Waals surface area contributed by atoms with Gasteiger partial charge in [-0.05, 0) is 62.9 Å². The number of carbonyl (C=O) groups is 1. The van der Waals surface area contributed by atoms with E-state index in [0.717, 1.165) is 28.1 Å². The maximum absolute atomic E-state index is 13.4. The average molecular weight is 440 g/mol. The molecule has 0 N–H and O–H groups in total. The van der Waals surface area contributed by atoms with Gasteiger partial charge < -0.3 is 9.13 Å². The van der Waals surface area contributed by atoms with Crippen LogP contribution in [0.3, 0.4) is 0 Å². The molecule has 0 spiro atoms. The van der Waals surface area contributed by atoms with E-state index in [2.05, 4.69) is 48.2 Å². The van der Waals surface area contributed by atoms with Gasteiger partial charge in [0.25, 0.3) is 5.91 Å². The van der Waals surface area contributed by atoms with Crippen LogP contribution >= 0.6 is 0 Å². The van der Waals surface area contributed by atoms with Gasteiger partial charge in [0.1, 0.15) is 17.8 Å². The number of hydrogen-bond donors (Lipinski definition) is 0. The van der Waals surface area contributed by atoms with Crippen LogP contribution in [-0.2, 0) is 6.54 Å². The maximum atomic E-state index is 13.4. The zero-order chi connectivity index (χ0) is 22.7. The summed E-state index contributed by atoms with van der Waals surface area (Å²) in [5.74, 6) is 1.87. The third kappa shape index (κ3) is 3.33. The fourth-order valence-corrected chi connectivity index (χ4v) is 4.50. The van der Waals surface area contributed by atoms with Crippen LogP contribution in [0.1, 0.15) is 65.8 Å². The molecule has 166 valence electrons. The number of imidazole rings is 1. The van der Waals surface area contributed by atoms with Crippen LogP contribution in [0.2, 0.25) is 0 Å². The third-order valence-corrected chi connectivity index (χ3v) is 6.47. The van der Waals surface area contributed by atoms with Gasteiger partial charge in [-0.3, -0.25) is 9.69 Å². The second kappa shape index (κ2) is 7.37. The summed E-state index contributed by atoms with van der Waals surface area (Å²) in [6, 6.07) is 9.99. The zero-order valence-electron chi connectivity index (χ0n) is 18.9. The standard InChI is InChI=1S/C25H25N7O/c1-15(2)32-14-27-29-24(32)20-5-4-6-23(28-20)31-11-18-9-16(3)22(10-19(18)25(31)33)30-12-21(26-13-30)17-7-8-17/h4-6,9-10,12-15,17H,7-8,11H2,1-3H3. The minimum absolute atomic E-state index is 0.0382. The molecule has 4 aromatic rings. The normalized spacial score (nSPS) is 15.5. The number of anilines is 1. The van der Waals surface area contributed by atoms with E-state index in [9.17, 15) is 4.79 Å². The van der Waals surface area contributed by atoms with Crippen molar-refractivity contribution in [3.05, 3.63) is 71.6 Å². The van der Waals surface area contributed by atoms with E-state index in [-0.39, 0.29) is 11.9 Å². The Morgan fingerprint density at radius 1 is 1.12 bits per heavy atom. The summed E-state index contributed by atoms with van der Waals surface area (Å²) in [5.41, 5.74) is 5.68. The van der Waals surface area contributed by atoms with Crippen molar-refractivity contribution < 1.29 is 4.79 Å². The lowest BCUT2D eigenvalue weighted by Crippen LogP contribution is -2.24. The third-order valence-electron chi connectivity index (χ3n) is 6.47. The van der Waals surface area contributed by atoms with E-state index in [1.165, 1.54) is 12.8 Å². The van der Waals surface area contributed by atoms with Crippen LogP contribution in [0.25, 0.3) is 17.2 Å². The topological polar surface area (TPSA) is 81.7 Å². The fraction of sp³-hybridized carbons (Fsp3) is 0.320. The molecular formula is C25H25N7O. The molecule has 1 saturated carbocycles. The fourth-order valence-electron chi connectivity index (χ4n) is 4.50. The minimum atomic E-state index is -0.0382. The molecule has 1 aliphatic carbocycles. The van der Waals surface area contributed by atoms with Crippen LogP contribution in [0, 0.1) is 6.92 Å². The van der Waals surface area contributed by atoms with Crippen molar-refractivity contribution in [1.29, 1.82) is 0 Å². The highest BCUT2D eigenvalue weighted by Gasteiger charge is 2.31. The predicted octanol–water partition coefficient (Wildman–Crippen LogP) is 4.45. The molecule has 3 aromatic heterocycles. The van der Waals surface area contributed by atoms with Crippen molar-refractivity contribution in [3.8, 4) is 17.2 Å². The van der Waals surface area contributed by atoms with E-state index in [1.54, 1.807) is 11.2 Å². The van der Waals surface area contributed by atoms with Gasteiger partial charge in [-0.15, -0.1) is 10.2 Å². The first kappa shape index (κ1) is 19.8. The van der Waals surface area contributed by atoms with Crippen molar-refractivity contribution in [3.63, 3.8) is 0 Å². The first-order valence-corrected chi connectivity index (χ1v) is 11.4. The van der Waals surface area contributed by atoms with Crippen molar-refractivity contribution in [2.45, 2.75) is 52.1 Å². The first-order chi connectivity index (χ1) is 16.0. The first-order valence-electron chi connectivity index (χ1n) is 11.4. The Morgan fingerprint density at radius 2 is 1.97 bits per heavy atom. The summed E-state index contributed by atoms with van der Waals surface area (Å²) in [5, 5.41) is 8.29. The quantitative estimate of drug-likeness (QED) is 0.459. The van der Waals surface area contributed by atoms with Gasteiger partial charge in [0, 0.05) is 23.7 Å². The molecule has 0 bridgehead atoms. The van der Waals surface area contributed by atoms with E-state index >= 15 is 0 Å². The van der Waals surface area contributed by atoms with Gasteiger partial charge >= 0.3 is 0 Å². The Bertz CT molecular complexity index is 1380. The smallest absolute Gasteiger partial charge is 0.260 e. The second-order valence-electron chi connectivity index (χ2n) is 9.20. The molecule has 0 atom stereocenters. The average Bonchev–Trinajstić information content (AvgIpc) is 3.21. The molecule has 8 nitrogen and oxygen atoms in total. The molecule has 0 saturated heterocycles. The summed E-state index contributed by atoms with van der Waals surface area (Å²) in [6.07, 6.45) is 8.09. The Labute approximate surface area is 191 Å². The van der Waals surface area contributed by atoms with E-state index < -0.39 is 0 Å². The van der Waals surface area contributed by atoms with Gasteiger partial charge in [-0.2, -0.15) is 0 Å². The van der Waals surface area contributed by atoms with Gasteiger partial charge in [-0.25, -0.2) is 9.97 Å². The van der Waals surface area contributed by atoms with Crippen molar-refractivity contribution in [2.75, 3.05) is 4.90 Å². The molecule has 1 aliphatic heterocycles. The highest BCUT2D eigenvalue weighted by Crippen LogP contribution is 2.39. The highest BCUT2D eigenvalue weighted by molar-refractivity contribution is 6.10. The molecule has 8 heteroatoms. The number of rotatable bonds is 5. The Hall–Kier alpha value is -3.81. The molecular weight excluding hydrogens is 414 g/mol. The number of carbonyl (C=O) groups excluding carboxylic acids is 1. The summed E-state index contributed by atoms with van der Waals surface area (Å²) >= 11 is 0. The van der Waals surface area contributed by atoms with E-state index in [1.807, 2.05) is 39.7 Å². The van der Waals surface area contributed by atoms with Crippen LogP contribution in [0.4, 0.5) is 5.82 Å². The minimum Gasteiger partial charge on any atom is -0.310 e. The molecule has 0 unspecified atom stereocenters. The molecule has 1 fully saturated rings. The molecule has 4 heterocycles. The lowest BCUT2D eigenvalue weighted by molar-refractivity contribution is 0.0996. The summed E-state index contributed by atoms with van der Waals surface area (Å²) in [4.78, 5) is 24.5. The molecule has 6 rings (SSSR count). The summed E-state index contributed by atoms with van der Waals surface area (Å²) < 4.78 is 4.01. The van der Waals surface area contributed by atoms with E-state index in [0.29, 0.717) is 29.8 Å². The number of benzene rings is 1. The predicted molar refractivity (Wildman–Crippen MR) is 124 cm³/mol. The number of fused-ring (bicyclic) bond motifs is 1. The van der Waals surface area contributed by atoms with Gasteiger partial charge in [0.2, 0.25) is 0 Å². The van der Waals surface area contributed by atoms with E-state index in [4.69, 9.17) is 4.98 Å². The summed E-state index contributed by atoms with van der Waals surface area (Å²) in [6.45, 7) is 6.73. The monoisotopic (exact) mass is 439 g/mol. The lowest BCUT2D eigenvalue weighted by atomic mass is 10.0. The number of aryl methyl sites for hydroxylation is 1. The lowest BCUT2D eigenvalue weighted by Gasteiger charge is -2.16. The van der Waals surface area contributed by atoms with Crippen LogP contribution < -0.4 is 4.90 Å². The number of nitrogens with zero attached hydrogens (tertiary/aromatic N) is 7. The SMILES string of the molecule is Cc1cc2c(cc1-n1cnc(C3CC3)c1)C(=O)N(c1cccc(-c3nncn3C(C)C)n1)C2. The Kier molecular flexibility index (Phi) is 4.43. The van der Waals surface area contributed by atoms with Crippen LogP contribution in [0.5, 0.6) is 0 Å². The summed E-state index contributed by atoms with van der Waals surface area (Å²) in [7, 11) is 0. The van der Waals surface area contributed by atoms with Gasteiger partial charge in [-0.1, -0.05) is 12.1 Å². The number of hydrogen-bond acceptors (Lipinski definition) is 5. The molecule has 0 radical (unpaired) electrons. The Balaban J connectivity index is 1.33. The maximum Gasteiger partial charge on any atom is 0.260 e. The zero-order valence-corrected chi connectivity index (χ0v) is 18.9. The van der Waals surface area contributed by atoms with Crippen molar-refractivity contribution >= 4 is 11.7 Å². The molecule has 1 aromatic carbocycles. The molecule has 1 amide bonds. The van der Waals surface area contributed by atoms with Crippen LogP contribution in [0.15, 0.2) is 49.2 Å². The number of pyridine rings is 1. The van der Waals surface area contributed by atoms with Crippen LogP contribution in [-0.4, -0.2) is 35.2 Å². The molecule has 2 aliphatic rings. The second-order valence-corrected chi connectivity index (χ2v) is 9.20. The Morgan fingerprint density at radius 3 is 2.76 bits per heavy atom. The van der Waals surface area contributed by atoms with Crippen molar-refractivity contribution in [2.24, 2.45) is 0 Å².